The lowest BCUT2D eigenvalue weighted by molar-refractivity contribution is -0.115. The number of carbonyl (C=O) groups is 1. The van der Waals surface area contributed by atoms with E-state index in [-0.39, 0.29) is 11.7 Å². The average Bonchev–Trinajstić information content (AvgIpc) is 1.96. The van der Waals surface area contributed by atoms with Crippen LogP contribution in [0.15, 0.2) is 16.5 Å². The van der Waals surface area contributed by atoms with E-state index < -0.39 is 15.8 Å². The summed E-state index contributed by atoms with van der Waals surface area (Å²) in [7, 11) is -2.82. The zero-order valence-corrected chi connectivity index (χ0v) is 9.71. The lowest BCUT2D eigenvalue weighted by Gasteiger charge is -2.08. The van der Waals surface area contributed by atoms with E-state index in [2.05, 4.69) is 4.36 Å². The second-order valence-electron chi connectivity index (χ2n) is 3.38. The van der Waals surface area contributed by atoms with Crippen LogP contribution in [0.5, 0.6) is 0 Å². The molecule has 1 amide bonds. The molecule has 4 nitrogen and oxygen atoms in total. The minimum atomic E-state index is -2.82. The molecule has 2 atom stereocenters. The zero-order valence-electron chi connectivity index (χ0n) is 8.90. The summed E-state index contributed by atoms with van der Waals surface area (Å²) < 4.78 is 14.9. The first-order valence-corrected chi connectivity index (χ1v) is 6.26. The molecule has 82 valence electrons. The van der Waals surface area contributed by atoms with Crippen LogP contribution in [0.3, 0.4) is 0 Å². The van der Waals surface area contributed by atoms with E-state index in [1.165, 1.54) is 6.92 Å². The molecule has 0 saturated carbocycles. The van der Waals surface area contributed by atoms with Gasteiger partial charge in [0.1, 0.15) is 9.92 Å². The smallest absolute Gasteiger partial charge is 0.251 e. The number of carbonyl (C=O) groups excluding carboxylic acids is 1. The molecular formula is C9H18N2O2S. The van der Waals surface area contributed by atoms with E-state index in [4.69, 9.17) is 5.14 Å². The normalized spacial score (nSPS) is 17.7. The number of amides is 1. The van der Waals surface area contributed by atoms with Crippen LogP contribution in [0.2, 0.25) is 0 Å². The highest BCUT2D eigenvalue weighted by Crippen LogP contribution is 2.06. The first-order chi connectivity index (χ1) is 6.37. The monoisotopic (exact) mass is 218 g/mol. The maximum atomic E-state index is 11.5. The van der Waals surface area contributed by atoms with Gasteiger partial charge in [-0.2, -0.15) is 0 Å². The second kappa shape index (κ2) is 5.93. The van der Waals surface area contributed by atoms with Crippen LogP contribution in [0.25, 0.3) is 0 Å². The molecule has 0 aliphatic rings. The van der Waals surface area contributed by atoms with Crippen LogP contribution in [0, 0.1) is 5.92 Å². The molecule has 0 aromatic heterocycles. The van der Waals surface area contributed by atoms with Crippen LogP contribution in [0.1, 0.15) is 27.2 Å². The Balaban J connectivity index is 4.36. The molecule has 5 heteroatoms. The first kappa shape index (κ1) is 13.3. The van der Waals surface area contributed by atoms with Crippen LogP contribution in [-0.2, 0) is 14.7 Å². The molecule has 2 N–H and O–H groups in total. The number of rotatable bonds is 4. The van der Waals surface area contributed by atoms with E-state index in [0.29, 0.717) is 0 Å². The standard InChI is InChI=1S/C9H18N2O2S/c1-4-5-6-8(2)7-14(10,13)11-9(3)12/h4-5,8H,6-7H2,1-3H3,(H2,10,11,12,13)/b5-4-/t8-,14?/m0/s1. The SMILES string of the molecule is C/C=C\C[C@H](C)CS(N)(=O)=NC(C)=O. The summed E-state index contributed by atoms with van der Waals surface area (Å²) in [5.41, 5.74) is 0. The molecule has 0 heterocycles. The lowest BCUT2D eigenvalue weighted by atomic mass is 10.1. The lowest BCUT2D eigenvalue weighted by Crippen LogP contribution is -2.22. The Labute approximate surface area is 85.9 Å². The van der Waals surface area contributed by atoms with Crippen LogP contribution in [0.4, 0.5) is 0 Å². The van der Waals surface area contributed by atoms with Crippen LogP contribution in [-0.4, -0.2) is 15.9 Å². The van der Waals surface area contributed by atoms with Gasteiger partial charge in [0.05, 0.1) is 0 Å². The van der Waals surface area contributed by atoms with Crippen LogP contribution >= 0.6 is 0 Å². The summed E-state index contributed by atoms with van der Waals surface area (Å²) in [6, 6.07) is 0. The van der Waals surface area contributed by atoms with Gasteiger partial charge >= 0.3 is 0 Å². The number of nitrogens with zero attached hydrogens (tertiary/aromatic N) is 1. The van der Waals surface area contributed by atoms with Gasteiger partial charge in [-0.1, -0.05) is 19.1 Å². The number of hydrogen-bond donors (Lipinski definition) is 1. The molecule has 0 aliphatic heterocycles. The second-order valence-corrected chi connectivity index (χ2v) is 5.27. The molecule has 0 bridgehead atoms. The Morgan fingerprint density at radius 1 is 1.64 bits per heavy atom. The van der Waals surface area contributed by atoms with Gasteiger partial charge in [0.15, 0.2) is 0 Å². The molecule has 0 aromatic carbocycles. The van der Waals surface area contributed by atoms with Crippen molar-refractivity contribution >= 4 is 15.8 Å². The zero-order chi connectivity index (χ0) is 11.2. The summed E-state index contributed by atoms with van der Waals surface area (Å²) in [6.45, 7) is 5.11. The molecule has 0 fully saturated rings. The molecule has 0 aromatic rings. The highest BCUT2D eigenvalue weighted by Gasteiger charge is 2.09. The summed E-state index contributed by atoms with van der Waals surface area (Å²) in [5.74, 6) is -0.0424. The minimum absolute atomic E-state index is 0.173. The van der Waals surface area contributed by atoms with Crippen molar-refractivity contribution in [1.82, 2.24) is 0 Å². The van der Waals surface area contributed by atoms with Gasteiger partial charge in [-0.05, 0) is 19.3 Å². The quantitative estimate of drug-likeness (QED) is 0.726. The largest absolute Gasteiger partial charge is 0.272 e. The maximum absolute atomic E-state index is 11.5. The third kappa shape index (κ3) is 6.80. The maximum Gasteiger partial charge on any atom is 0.251 e. The van der Waals surface area contributed by atoms with Crippen LogP contribution < -0.4 is 5.14 Å². The topological polar surface area (TPSA) is 72.5 Å². The molecule has 0 aliphatic carbocycles. The van der Waals surface area contributed by atoms with E-state index >= 15 is 0 Å². The molecule has 0 rings (SSSR count). The minimum Gasteiger partial charge on any atom is -0.272 e. The van der Waals surface area contributed by atoms with E-state index in [1.807, 2.05) is 26.0 Å². The van der Waals surface area contributed by atoms with Crippen molar-refractivity contribution in [2.24, 2.45) is 15.4 Å². The molecule has 14 heavy (non-hydrogen) atoms. The van der Waals surface area contributed by atoms with E-state index in [1.54, 1.807) is 0 Å². The Morgan fingerprint density at radius 2 is 2.21 bits per heavy atom. The number of nitrogens with two attached hydrogens (primary N) is 1. The van der Waals surface area contributed by atoms with Crippen molar-refractivity contribution in [2.75, 3.05) is 5.75 Å². The van der Waals surface area contributed by atoms with Gasteiger partial charge < -0.3 is 0 Å². The summed E-state index contributed by atoms with van der Waals surface area (Å²) in [4.78, 5) is 10.6. The van der Waals surface area contributed by atoms with Gasteiger partial charge in [0, 0.05) is 12.7 Å². The fourth-order valence-corrected chi connectivity index (χ4v) is 2.56. The predicted molar refractivity (Wildman–Crippen MR) is 58.9 cm³/mol. The summed E-state index contributed by atoms with van der Waals surface area (Å²) >= 11 is 0. The number of hydrogen-bond acceptors (Lipinski definition) is 2. The fraction of sp³-hybridized carbons (Fsp3) is 0.667. The number of allylic oxidation sites excluding steroid dienone is 2. The predicted octanol–water partition coefficient (Wildman–Crippen LogP) is 1.48. The highest BCUT2D eigenvalue weighted by molar-refractivity contribution is 7.91. The van der Waals surface area contributed by atoms with Gasteiger partial charge in [-0.15, -0.1) is 4.36 Å². The molecule has 0 saturated heterocycles. The average molecular weight is 218 g/mol. The van der Waals surface area contributed by atoms with Gasteiger partial charge in [-0.25, -0.2) is 9.35 Å². The van der Waals surface area contributed by atoms with Crippen molar-refractivity contribution in [2.45, 2.75) is 27.2 Å². The summed E-state index contributed by atoms with van der Waals surface area (Å²) in [5, 5.41) is 5.41. The Hall–Kier alpha value is -0.680. The summed E-state index contributed by atoms with van der Waals surface area (Å²) in [6.07, 6.45) is 4.71. The molecular weight excluding hydrogens is 200 g/mol. The molecule has 0 radical (unpaired) electrons. The Morgan fingerprint density at radius 3 is 2.64 bits per heavy atom. The van der Waals surface area contributed by atoms with E-state index in [0.717, 1.165) is 6.42 Å². The van der Waals surface area contributed by atoms with Crippen molar-refractivity contribution in [3.05, 3.63) is 12.2 Å². The fourth-order valence-electron chi connectivity index (χ4n) is 1.10. The Kier molecular flexibility index (Phi) is 5.64. The van der Waals surface area contributed by atoms with Gasteiger partial charge in [0.25, 0.3) is 5.91 Å². The van der Waals surface area contributed by atoms with Gasteiger partial charge in [-0.3, -0.25) is 4.79 Å². The highest BCUT2D eigenvalue weighted by atomic mass is 32.2. The third-order valence-electron chi connectivity index (χ3n) is 1.58. The molecule has 0 spiro atoms. The molecule has 1 unspecified atom stereocenters. The van der Waals surface area contributed by atoms with Crippen molar-refractivity contribution in [3.63, 3.8) is 0 Å². The third-order valence-corrected chi connectivity index (χ3v) is 3.19. The Bertz CT molecular complexity index is 328. The van der Waals surface area contributed by atoms with Crippen molar-refractivity contribution in [1.29, 1.82) is 0 Å². The van der Waals surface area contributed by atoms with E-state index in [9.17, 15) is 9.00 Å². The first-order valence-electron chi connectivity index (χ1n) is 4.51. The van der Waals surface area contributed by atoms with Crippen molar-refractivity contribution < 1.29 is 9.00 Å². The van der Waals surface area contributed by atoms with Crippen molar-refractivity contribution in [3.8, 4) is 0 Å². The van der Waals surface area contributed by atoms with Gasteiger partial charge in [0.2, 0.25) is 0 Å².